The first kappa shape index (κ1) is 15.2. The van der Waals surface area contributed by atoms with Crippen LogP contribution in [-0.2, 0) is 9.31 Å². The van der Waals surface area contributed by atoms with Crippen molar-refractivity contribution in [2.24, 2.45) is 0 Å². The number of benzene rings is 2. The molecule has 1 fully saturated rings. The van der Waals surface area contributed by atoms with Crippen LogP contribution in [0.5, 0.6) is 0 Å². The Labute approximate surface area is 144 Å². The van der Waals surface area contributed by atoms with Gasteiger partial charge in [0.15, 0.2) is 0 Å². The third kappa shape index (κ3) is 2.18. The molecule has 3 aromatic rings. The molecule has 0 unspecified atom stereocenters. The van der Waals surface area contributed by atoms with Gasteiger partial charge in [0.1, 0.15) is 11.2 Å². The summed E-state index contributed by atoms with van der Waals surface area (Å²) in [5, 5.41) is 2.15. The number of halogens is 1. The van der Waals surface area contributed by atoms with E-state index in [1.54, 1.807) is 0 Å². The first-order chi connectivity index (χ1) is 10.8. The first-order valence-electron chi connectivity index (χ1n) is 7.75. The molecule has 23 heavy (non-hydrogen) atoms. The average Bonchev–Trinajstić information content (AvgIpc) is 2.94. The molecular weight excluding hydrogens is 355 g/mol. The Morgan fingerprint density at radius 1 is 0.870 bits per heavy atom. The third-order valence-electron chi connectivity index (χ3n) is 5.02. The van der Waals surface area contributed by atoms with E-state index in [-0.39, 0.29) is 11.2 Å². The second-order valence-corrected chi connectivity index (χ2v) is 7.82. The lowest BCUT2D eigenvalue weighted by Crippen LogP contribution is -2.41. The van der Waals surface area contributed by atoms with Gasteiger partial charge in [-0.2, -0.15) is 0 Å². The van der Waals surface area contributed by atoms with Crippen LogP contribution in [0.2, 0.25) is 0 Å². The number of para-hydroxylation sites is 1. The van der Waals surface area contributed by atoms with Crippen molar-refractivity contribution in [2.75, 3.05) is 0 Å². The second kappa shape index (κ2) is 4.85. The SMILES string of the molecule is CC1(C)OB(c2ccc3oc4ccccc4c3c2Br)OC1(C)C. The van der Waals surface area contributed by atoms with Crippen LogP contribution >= 0.6 is 15.9 Å². The first-order valence-corrected chi connectivity index (χ1v) is 8.55. The van der Waals surface area contributed by atoms with Crippen molar-refractivity contribution in [1.82, 2.24) is 0 Å². The lowest BCUT2D eigenvalue weighted by Gasteiger charge is -2.32. The lowest BCUT2D eigenvalue weighted by atomic mass is 9.78. The summed E-state index contributed by atoms with van der Waals surface area (Å²) in [6.45, 7) is 8.25. The summed E-state index contributed by atoms with van der Waals surface area (Å²) >= 11 is 3.75. The van der Waals surface area contributed by atoms with Gasteiger partial charge in [-0.05, 0) is 45.3 Å². The van der Waals surface area contributed by atoms with Gasteiger partial charge in [0.25, 0.3) is 0 Å². The molecule has 0 aliphatic carbocycles. The zero-order valence-corrected chi connectivity index (χ0v) is 15.2. The molecule has 118 valence electrons. The van der Waals surface area contributed by atoms with Crippen molar-refractivity contribution in [3.8, 4) is 0 Å². The molecule has 0 saturated carbocycles. The van der Waals surface area contributed by atoms with Gasteiger partial charge in [-0.3, -0.25) is 0 Å². The van der Waals surface area contributed by atoms with Crippen molar-refractivity contribution in [1.29, 1.82) is 0 Å². The normalized spacial score (nSPS) is 19.8. The maximum Gasteiger partial charge on any atom is 0.496 e. The zero-order chi connectivity index (χ0) is 16.4. The van der Waals surface area contributed by atoms with Crippen LogP contribution in [0.4, 0.5) is 0 Å². The van der Waals surface area contributed by atoms with Gasteiger partial charge in [0, 0.05) is 15.2 Å². The Balaban J connectivity index is 1.89. The molecule has 0 radical (unpaired) electrons. The van der Waals surface area contributed by atoms with Crippen LogP contribution in [0.15, 0.2) is 45.3 Å². The molecule has 0 amide bonds. The fourth-order valence-corrected chi connectivity index (χ4v) is 3.67. The molecule has 1 saturated heterocycles. The minimum Gasteiger partial charge on any atom is -0.456 e. The summed E-state index contributed by atoms with van der Waals surface area (Å²) in [5.74, 6) is 0. The quantitative estimate of drug-likeness (QED) is 0.583. The Morgan fingerprint density at radius 3 is 2.22 bits per heavy atom. The Bertz CT molecular complexity index is 897. The van der Waals surface area contributed by atoms with Gasteiger partial charge in [0.05, 0.1) is 11.2 Å². The third-order valence-corrected chi connectivity index (χ3v) is 5.87. The van der Waals surface area contributed by atoms with E-state index in [4.69, 9.17) is 13.7 Å². The Morgan fingerprint density at radius 2 is 1.52 bits per heavy atom. The molecule has 0 N–H and O–H groups in total. The number of fused-ring (bicyclic) bond motifs is 3. The van der Waals surface area contributed by atoms with Crippen LogP contribution in [0, 0.1) is 0 Å². The van der Waals surface area contributed by atoms with Gasteiger partial charge >= 0.3 is 7.12 Å². The molecule has 1 aliphatic heterocycles. The van der Waals surface area contributed by atoms with Crippen molar-refractivity contribution in [3.63, 3.8) is 0 Å². The van der Waals surface area contributed by atoms with Crippen LogP contribution in [0.25, 0.3) is 21.9 Å². The Kier molecular flexibility index (Phi) is 3.22. The predicted molar refractivity (Wildman–Crippen MR) is 97.1 cm³/mol. The summed E-state index contributed by atoms with van der Waals surface area (Å²) < 4.78 is 19.3. The van der Waals surface area contributed by atoms with Crippen LogP contribution in [0.3, 0.4) is 0 Å². The summed E-state index contributed by atoms with van der Waals surface area (Å²) in [4.78, 5) is 0. The maximum absolute atomic E-state index is 6.19. The molecule has 3 nitrogen and oxygen atoms in total. The highest BCUT2D eigenvalue weighted by molar-refractivity contribution is 9.10. The fourth-order valence-electron chi connectivity index (χ4n) is 2.94. The fraction of sp³-hybridized carbons (Fsp3) is 0.333. The number of hydrogen-bond donors (Lipinski definition) is 0. The summed E-state index contributed by atoms with van der Waals surface area (Å²) in [6, 6.07) is 12.0. The standard InChI is InChI=1S/C18H18BBrO3/c1-17(2)18(3,4)23-19(22-17)12-9-10-14-15(16(12)20)11-7-5-6-8-13(11)21-14/h5-10H,1-4H3. The summed E-state index contributed by atoms with van der Waals surface area (Å²) in [6.07, 6.45) is 0. The number of hydrogen-bond acceptors (Lipinski definition) is 3. The topological polar surface area (TPSA) is 31.6 Å². The van der Waals surface area contributed by atoms with E-state index in [1.807, 2.05) is 30.3 Å². The highest BCUT2D eigenvalue weighted by Crippen LogP contribution is 2.39. The van der Waals surface area contributed by atoms with Gasteiger partial charge in [-0.15, -0.1) is 0 Å². The van der Waals surface area contributed by atoms with Gasteiger partial charge in [0.2, 0.25) is 0 Å². The molecular formula is C18H18BBrO3. The smallest absolute Gasteiger partial charge is 0.456 e. The molecule has 0 atom stereocenters. The van der Waals surface area contributed by atoms with Crippen LogP contribution in [-0.4, -0.2) is 18.3 Å². The van der Waals surface area contributed by atoms with E-state index in [1.165, 1.54) is 0 Å². The molecule has 5 heteroatoms. The van der Waals surface area contributed by atoms with Crippen LogP contribution in [0.1, 0.15) is 27.7 Å². The molecule has 1 aromatic heterocycles. The van der Waals surface area contributed by atoms with Gasteiger partial charge in [-0.1, -0.05) is 40.2 Å². The molecule has 4 rings (SSSR count). The second-order valence-electron chi connectivity index (χ2n) is 7.03. The summed E-state index contributed by atoms with van der Waals surface area (Å²) in [7, 11) is -0.396. The van der Waals surface area contributed by atoms with E-state index in [0.717, 1.165) is 31.9 Å². The summed E-state index contributed by atoms with van der Waals surface area (Å²) in [5.41, 5.74) is 2.02. The predicted octanol–water partition coefficient (Wildman–Crippen LogP) is 4.65. The van der Waals surface area contributed by atoms with Crippen molar-refractivity contribution < 1.29 is 13.7 Å². The molecule has 2 aromatic carbocycles. The highest BCUT2D eigenvalue weighted by Gasteiger charge is 2.52. The van der Waals surface area contributed by atoms with Crippen molar-refractivity contribution in [2.45, 2.75) is 38.9 Å². The number of furan rings is 1. The van der Waals surface area contributed by atoms with Gasteiger partial charge < -0.3 is 13.7 Å². The molecule has 2 heterocycles. The lowest BCUT2D eigenvalue weighted by molar-refractivity contribution is 0.00578. The Hall–Kier alpha value is -1.30. The monoisotopic (exact) mass is 372 g/mol. The van der Waals surface area contributed by atoms with E-state index in [2.05, 4.69) is 49.7 Å². The minimum atomic E-state index is -0.396. The minimum absolute atomic E-state index is 0.357. The maximum atomic E-state index is 6.19. The van der Waals surface area contributed by atoms with E-state index in [9.17, 15) is 0 Å². The van der Waals surface area contributed by atoms with E-state index >= 15 is 0 Å². The van der Waals surface area contributed by atoms with E-state index in [0.29, 0.717) is 0 Å². The molecule has 1 aliphatic rings. The van der Waals surface area contributed by atoms with Crippen molar-refractivity contribution in [3.05, 3.63) is 40.9 Å². The van der Waals surface area contributed by atoms with E-state index < -0.39 is 7.12 Å². The van der Waals surface area contributed by atoms with Crippen LogP contribution < -0.4 is 5.46 Å². The molecule has 0 spiro atoms. The van der Waals surface area contributed by atoms with Gasteiger partial charge in [-0.25, -0.2) is 0 Å². The zero-order valence-electron chi connectivity index (χ0n) is 13.6. The largest absolute Gasteiger partial charge is 0.496 e. The number of rotatable bonds is 1. The average molecular weight is 373 g/mol. The molecule has 0 bridgehead atoms. The van der Waals surface area contributed by atoms with Crippen molar-refractivity contribution >= 4 is 50.4 Å². The highest BCUT2D eigenvalue weighted by atomic mass is 79.9.